The smallest absolute Gasteiger partial charge is 0.278 e. The molecule has 3 rings (SSSR count). The molecule has 132 valence electrons. The van der Waals surface area contributed by atoms with E-state index in [-0.39, 0.29) is 12.5 Å². The van der Waals surface area contributed by atoms with E-state index in [1.807, 2.05) is 4.90 Å². The van der Waals surface area contributed by atoms with Crippen molar-refractivity contribution in [2.45, 2.75) is 0 Å². The number of ether oxygens (including phenoxy) is 2. The summed E-state index contributed by atoms with van der Waals surface area (Å²) in [5.74, 6) is 0.612. The van der Waals surface area contributed by atoms with E-state index >= 15 is 0 Å². The first kappa shape index (κ1) is 17.6. The van der Waals surface area contributed by atoms with Crippen LogP contribution < -0.4 is 15.1 Å². The molecule has 10 heteroatoms. The number of hydrogen-bond donors (Lipinski definition) is 1. The summed E-state index contributed by atoms with van der Waals surface area (Å²) in [5.41, 5.74) is 3.22. The van der Waals surface area contributed by atoms with Crippen LogP contribution in [0.5, 0.6) is 5.88 Å². The van der Waals surface area contributed by atoms with Crippen LogP contribution in [0.2, 0.25) is 5.02 Å². The van der Waals surface area contributed by atoms with Crippen molar-refractivity contribution in [1.82, 2.24) is 14.2 Å². The zero-order valence-electron chi connectivity index (χ0n) is 13.2. The minimum atomic E-state index is -0.383. The molecular formula is C15H16ClN5O3S. The number of nitrogens with zero attached hydrogens (tertiary/aromatic N) is 4. The molecule has 0 atom stereocenters. The zero-order valence-corrected chi connectivity index (χ0v) is 14.8. The van der Waals surface area contributed by atoms with E-state index in [0.29, 0.717) is 29.9 Å². The Labute approximate surface area is 153 Å². The molecule has 8 nitrogen and oxygen atoms in total. The van der Waals surface area contributed by atoms with Gasteiger partial charge in [-0.1, -0.05) is 23.7 Å². The van der Waals surface area contributed by atoms with Crippen molar-refractivity contribution >= 4 is 41.3 Å². The quantitative estimate of drug-likeness (QED) is 0.603. The fourth-order valence-electron chi connectivity index (χ4n) is 2.13. The molecule has 0 radical (unpaired) electrons. The van der Waals surface area contributed by atoms with Crippen molar-refractivity contribution in [2.24, 2.45) is 5.10 Å². The van der Waals surface area contributed by atoms with Gasteiger partial charge in [0.25, 0.3) is 11.8 Å². The molecule has 0 bridgehead atoms. The third kappa shape index (κ3) is 5.12. The molecule has 0 aliphatic carbocycles. The van der Waals surface area contributed by atoms with E-state index in [9.17, 15) is 4.79 Å². The van der Waals surface area contributed by atoms with Crippen molar-refractivity contribution in [2.75, 3.05) is 37.8 Å². The lowest BCUT2D eigenvalue weighted by molar-refractivity contribution is -0.123. The first-order valence-corrected chi connectivity index (χ1v) is 8.69. The molecule has 25 heavy (non-hydrogen) atoms. The largest absolute Gasteiger partial charge is 0.464 e. The number of anilines is 1. The molecule has 1 aliphatic rings. The van der Waals surface area contributed by atoms with Crippen molar-refractivity contribution < 1.29 is 14.3 Å². The summed E-state index contributed by atoms with van der Waals surface area (Å²) in [7, 11) is 0. The van der Waals surface area contributed by atoms with Crippen molar-refractivity contribution in [3.05, 3.63) is 34.9 Å². The van der Waals surface area contributed by atoms with Gasteiger partial charge >= 0.3 is 0 Å². The number of halogens is 1. The van der Waals surface area contributed by atoms with Crippen LogP contribution >= 0.6 is 23.3 Å². The van der Waals surface area contributed by atoms with Gasteiger partial charge in [0.15, 0.2) is 6.61 Å². The SMILES string of the molecule is O=C(COc1nsnc1N1CCOCC1)N/N=C\c1ccc(Cl)cc1. The van der Waals surface area contributed by atoms with E-state index in [4.69, 9.17) is 21.1 Å². The fourth-order valence-corrected chi connectivity index (χ4v) is 2.78. The van der Waals surface area contributed by atoms with Gasteiger partial charge in [-0.15, -0.1) is 4.37 Å². The number of hydrogen-bond acceptors (Lipinski definition) is 8. The Bertz CT molecular complexity index is 731. The molecule has 1 fully saturated rings. The molecule has 1 aromatic carbocycles. The number of aromatic nitrogens is 2. The zero-order chi connectivity index (χ0) is 17.5. The third-order valence-corrected chi connectivity index (χ3v) is 4.12. The lowest BCUT2D eigenvalue weighted by atomic mass is 10.2. The summed E-state index contributed by atoms with van der Waals surface area (Å²) in [5, 5.41) is 4.52. The molecule has 1 N–H and O–H groups in total. The summed E-state index contributed by atoms with van der Waals surface area (Å²) in [6.45, 7) is 2.52. The predicted octanol–water partition coefficient (Wildman–Crippen LogP) is 1.56. The van der Waals surface area contributed by atoms with Gasteiger partial charge in [-0.2, -0.15) is 9.47 Å². The maximum Gasteiger partial charge on any atom is 0.278 e. The Morgan fingerprint density at radius 2 is 2.12 bits per heavy atom. The number of rotatable bonds is 6. The standard InChI is InChI=1S/C15H16ClN5O3S/c16-12-3-1-11(2-4-12)9-17-18-13(22)10-24-15-14(19-25-20-15)21-5-7-23-8-6-21/h1-4,9H,5-8,10H2,(H,18,22)/b17-9-. The number of carbonyl (C=O) groups is 1. The molecule has 1 saturated heterocycles. The first-order valence-electron chi connectivity index (χ1n) is 7.58. The molecule has 0 saturated carbocycles. The van der Waals surface area contributed by atoms with Crippen LogP contribution in [0.4, 0.5) is 5.82 Å². The van der Waals surface area contributed by atoms with Gasteiger partial charge in [-0.05, 0) is 17.7 Å². The fraction of sp³-hybridized carbons (Fsp3) is 0.333. The summed E-state index contributed by atoms with van der Waals surface area (Å²) in [6.07, 6.45) is 1.53. The van der Waals surface area contributed by atoms with Gasteiger partial charge in [0, 0.05) is 18.1 Å². The number of benzene rings is 1. The minimum Gasteiger partial charge on any atom is -0.464 e. The summed E-state index contributed by atoms with van der Waals surface area (Å²) >= 11 is 6.85. The summed E-state index contributed by atoms with van der Waals surface area (Å²) in [4.78, 5) is 13.8. The number of amides is 1. The molecule has 2 heterocycles. The van der Waals surface area contributed by atoms with Crippen molar-refractivity contribution in [3.8, 4) is 5.88 Å². The lowest BCUT2D eigenvalue weighted by Gasteiger charge is -2.26. The number of nitrogens with one attached hydrogen (secondary N) is 1. The second-order valence-electron chi connectivity index (χ2n) is 5.13. The van der Waals surface area contributed by atoms with Gasteiger partial charge < -0.3 is 14.4 Å². The van der Waals surface area contributed by atoms with Gasteiger partial charge in [0.1, 0.15) is 0 Å². The van der Waals surface area contributed by atoms with E-state index in [2.05, 4.69) is 19.3 Å². The average molecular weight is 382 g/mol. The van der Waals surface area contributed by atoms with E-state index in [0.717, 1.165) is 30.4 Å². The monoisotopic (exact) mass is 381 g/mol. The lowest BCUT2D eigenvalue weighted by Crippen LogP contribution is -2.36. The third-order valence-electron chi connectivity index (χ3n) is 3.37. The van der Waals surface area contributed by atoms with Crippen LogP contribution in [0.15, 0.2) is 29.4 Å². The maximum absolute atomic E-state index is 11.8. The highest BCUT2D eigenvalue weighted by Crippen LogP contribution is 2.26. The Kier molecular flexibility index (Phi) is 6.15. The molecule has 1 aliphatic heterocycles. The normalized spacial score (nSPS) is 14.7. The number of morpholine rings is 1. The van der Waals surface area contributed by atoms with E-state index in [1.165, 1.54) is 6.21 Å². The van der Waals surface area contributed by atoms with Crippen LogP contribution in [0, 0.1) is 0 Å². The van der Waals surface area contributed by atoms with E-state index < -0.39 is 0 Å². The molecule has 1 aromatic heterocycles. The second-order valence-corrected chi connectivity index (χ2v) is 6.09. The Hall–Kier alpha value is -2.23. The Balaban J connectivity index is 1.48. The van der Waals surface area contributed by atoms with Crippen LogP contribution in [-0.2, 0) is 9.53 Å². The van der Waals surface area contributed by atoms with Gasteiger partial charge in [0.2, 0.25) is 5.82 Å². The Morgan fingerprint density at radius 1 is 1.36 bits per heavy atom. The molecular weight excluding hydrogens is 366 g/mol. The maximum atomic E-state index is 11.8. The highest BCUT2D eigenvalue weighted by Gasteiger charge is 2.20. The van der Waals surface area contributed by atoms with Gasteiger partial charge in [-0.25, -0.2) is 5.43 Å². The molecule has 0 spiro atoms. The topological polar surface area (TPSA) is 88.9 Å². The van der Waals surface area contributed by atoms with E-state index in [1.54, 1.807) is 24.3 Å². The molecule has 1 amide bonds. The van der Waals surface area contributed by atoms with Crippen molar-refractivity contribution in [3.63, 3.8) is 0 Å². The van der Waals surface area contributed by atoms with Crippen molar-refractivity contribution in [1.29, 1.82) is 0 Å². The van der Waals surface area contributed by atoms with Crippen LogP contribution in [0.25, 0.3) is 0 Å². The highest BCUT2D eigenvalue weighted by atomic mass is 35.5. The first-order chi connectivity index (χ1) is 12.2. The molecule has 0 unspecified atom stereocenters. The highest BCUT2D eigenvalue weighted by molar-refractivity contribution is 6.99. The van der Waals surface area contributed by atoms with Crippen LogP contribution in [0.3, 0.4) is 0 Å². The molecule has 2 aromatic rings. The van der Waals surface area contributed by atoms with Crippen LogP contribution in [0.1, 0.15) is 5.56 Å². The summed E-state index contributed by atoms with van der Waals surface area (Å²) in [6, 6.07) is 7.08. The second kappa shape index (κ2) is 8.75. The van der Waals surface area contributed by atoms with Gasteiger partial charge in [0.05, 0.1) is 31.2 Å². The number of hydrazone groups is 1. The predicted molar refractivity (Wildman–Crippen MR) is 95.6 cm³/mol. The minimum absolute atomic E-state index is 0.194. The van der Waals surface area contributed by atoms with Gasteiger partial charge in [-0.3, -0.25) is 4.79 Å². The summed E-state index contributed by atoms with van der Waals surface area (Å²) < 4.78 is 19.1. The average Bonchev–Trinajstić information content (AvgIpc) is 3.11. The van der Waals surface area contributed by atoms with Crippen LogP contribution in [-0.4, -0.2) is 53.8 Å². The Morgan fingerprint density at radius 3 is 2.88 bits per heavy atom. The number of carbonyl (C=O) groups excluding carboxylic acids is 1.